The number of carbonyl (C=O) groups is 1. The van der Waals surface area contributed by atoms with Crippen LogP contribution in [0.1, 0.15) is 23.0 Å². The van der Waals surface area contributed by atoms with Crippen LogP contribution >= 0.6 is 0 Å². The Hall–Kier alpha value is -3.99. The molecule has 5 heteroatoms. The van der Waals surface area contributed by atoms with Crippen LogP contribution in [0.5, 0.6) is 0 Å². The second-order valence-corrected chi connectivity index (χ2v) is 6.73. The van der Waals surface area contributed by atoms with Crippen molar-refractivity contribution in [1.82, 2.24) is 15.6 Å². The fourth-order valence-electron chi connectivity index (χ4n) is 3.04. The number of nitrogens with zero attached hydrogens (tertiary/aromatic N) is 2. The average molecular weight is 380 g/mol. The van der Waals surface area contributed by atoms with E-state index in [9.17, 15) is 4.79 Å². The van der Waals surface area contributed by atoms with E-state index < -0.39 is 0 Å². The highest BCUT2D eigenvalue weighted by atomic mass is 16.2. The van der Waals surface area contributed by atoms with Crippen LogP contribution < -0.4 is 5.43 Å². The number of nitrogens with one attached hydrogen (secondary N) is 2. The maximum Gasteiger partial charge on any atom is 0.289 e. The molecule has 0 unspecified atom stereocenters. The Morgan fingerprint density at radius 3 is 2.55 bits per heavy atom. The Kier molecular flexibility index (Phi) is 5.29. The first-order valence-corrected chi connectivity index (χ1v) is 9.30. The van der Waals surface area contributed by atoms with E-state index in [4.69, 9.17) is 0 Å². The standard InChI is InChI=1S/C24H20N4O/c1-17(13-18-7-3-2-4-8-18)16-25-28-24(29)23-15-22(26-27-23)21-12-11-19-9-5-6-10-20(19)14-21/h2-16H,1H3,(H,26,27)(H,28,29). The van der Waals surface area contributed by atoms with E-state index in [0.717, 1.165) is 27.5 Å². The van der Waals surface area contributed by atoms with Crippen molar-refractivity contribution in [3.8, 4) is 11.3 Å². The van der Waals surface area contributed by atoms with Crippen molar-refractivity contribution in [2.75, 3.05) is 0 Å². The summed E-state index contributed by atoms with van der Waals surface area (Å²) in [6, 6.07) is 25.9. The number of carbonyl (C=O) groups excluding carboxylic acids is 1. The van der Waals surface area contributed by atoms with E-state index in [-0.39, 0.29) is 5.91 Å². The number of aromatic amines is 1. The molecule has 29 heavy (non-hydrogen) atoms. The lowest BCUT2D eigenvalue weighted by atomic mass is 10.1. The summed E-state index contributed by atoms with van der Waals surface area (Å²) < 4.78 is 0. The molecule has 0 radical (unpaired) electrons. The molecule has 0 aliphatic carbocycles. The van der Waals surface area contributed by atoms with Crippen LogP contribution in [0.2, 0.25) is 0 Å². The summed E-state index contributed by atoms with van der Waals surface area (Å²) in [6.45, 7) is 1.93. The van der Waals surface area contributed by atoms with Crippen molar-refractivity contribution >= 4 is 29.0 Å². The van der Waals surface area contributed by atoms with Gasteiger partial charge < -0.3 is 0 Å². The zero-order chi connectivity index (χ0) is 20.1. The molecule has 5 nitrogen and oxygen atoms in total. The number of benzene rings is 3. The van der Waals surface area contributed by atoms with Gasteiger partial charge in [-0.1, -0.05) is 72.8 Å². The highest BCUT2D eigenvalue weighted by Gasteiger charge is 2.10. The summed E-state index contributed by atoms with van der Waals surface area (Å²) in [5.41, 5.74) is 6.55. The smallest absolute Gasteiger partial charge is 0.272 e. The first kappa shape index (κ1) is 18.4. The van der Waals surface area contributed by atoms with Gasteiger partial charge in [-0.25, -0.2) is 5.43 Å². The predicted octanol–water partition coefficient (Wildman–Crippen LogP) is 5.05. The minimum Gasteiger partial charge on any atom is -0.272 e. The third-order valence-electron chi connectivity index (χ3n) is 4.50. The number of amides is 1. The number of fused-ring (bicyclic) bond motifs is 1. The first-order valence-electron chi connectivity index (χ1n) is 9.30. The Labute approximate surface area is 168 Å². The SMILES string of the molecule is CC(C=NNC(=O)c1cc(-c2ccc3ccccc3c2)n[nH]1)=Cc1ccccc1. The van der Waals surface area contributed by atoms with Gasteiger partial charge in [0.2, 0.25) is 0 Å². The molecular weight excluding hydrogens is 360 g/mol. The van der Waals surface area contributed by atoms with Crippen LogP contribution in [0.4, 0.5) is 0 Å². The molecule has 3 aromatic carbocycles. The Morgan fingerprint density at radius 2 is 1.72 bits per heavy atom. The fourth-order valence-corrected chi connectivity index (χ4v) is 3.04. The molecular formula is C24H20N4O. The second-order valence-electron chi connectivity index (χ2n) is 6.73. The van der Waals surface area contributed by atoms with Gasteiger partial charge in [-0.15, -0.1) is 0 Å². The third kappa shape index (κ3) is 4.47. The van der Waals surface area contributed by atoms with Gasteiger partial charge >= 0.3 is 0 Å². The minimum atomic E-state index is -0.340. The molecule has 0 saturated carbocycles. The predicted molar refractivity (Wildman–Crippen MR) is 118 cm³/mol. The molecule has 4 rings (SSSR count). The number of aromatic nitrogens is 2. The number of hydrogen-bond acceptors (Lipinski definition) is 3. The van der Waals surface area contributed by atoms with Gasteiger partial charge in [0.25, 0.3) is 5.91 Å². The maximum absolute atomic E-state index is 12.3. The van der Waals surface area contributed by atoms with Gasteiger partial charge in [0.15, 0.2) is 0 Å². The van der Waals surface area contributed by atoms with Crippen molar-refractivity contribution in [3.63, 3.8) is 0 Å². The zero-order valence-electron chi connectivity index (χ0n) is 16.0. The summed E-state index contributed by atoms with van der Waals surface area (Å²) in [4.78, 5) is 12.3. The number of hydrazone groups is 1. The van der Waals surface area contributed by atoms with E-state index in [1.54, 1.807) is 12.3 Å². The minimum absolute atomic E-state index is 0.340. The molecule has 2 N–H and O–H groups in total. The normalized spacial score (nSPS) is 11.8. The fraction of sp³-hybridized carbons (Fsp3) is 0.0417. The quantitative estimate of drug-likeness (QED) is 0.376. The number of allylic oxidation sites excluding steroid dienone is 1. The molecule has 1 aromatic heterocycles. The van der Waals surface area contributed by atoms with E-state index in [0.29, 0.717) is 11.4 Å². The summed E-state index contributed by atoms with van der Waals surface area (Å²) in [5, 5.41) is 13.4. The van der Waals surface area contributed by atoms with Gasteiger partial charge in [-0.2, -0.15) is 10.2 Å². The zero-order valence-corrected chi connectivity index (χ0v) is 16.0. The van der Waals surface area contributed by atoms with Crippen LogP contribution in [0.15, 0.2) is 89.5 Å². The van der Waals surface area contributed by atoms with Crippen molar-refractivity contribution < 1.29 is 4.79 Å². The Bertz CT molecular complexity index is 1210. The molecule has 0 aliphatic rings. The van der Waals surface area contributed by atoms with Gasteiger partial charge in [0.05, 0.1) is 11.9 Å². The summed E-state index contributed by atoms with van der Waals surface area (Å²) in [6.07, 6.45) is 3.61. The van der Waals surface area contributed by atoms with E-state index in [1.807, 2.05) is 67.6 Å². The maximum atomic E-state index is 12.3. The van der Waals surface area contributed by atoms with Crippen LogP contribution in [0, 0.1) is 0 Å². The van der Waals surface area contributed by atoms with Crippen molar-refractivity contribution in [1.29, 1.82) is 0 Å². The lowest BCUT2D eigenvalue weighted by Gasteiger charge is -2.00. The van der Waals surface area contributed by atoms with E-state index in [1.165, 1.54) is 0 Å². The highest BCUT2D eigenvalue weighted by Crippen LogP contribution is 2.23. The van der Waals surface area contributed by atoms with Crippen molar-refractivity contribution in [3.05, 3.63) is 95.7 Å². The lowest BCUT2D eigenvalue weighted by molar-refractivity contribution is 0.0950. The number of hydrogen-bond donors (Lipinski definition) is 2. The molecule has 0 aliphatic heterocycles. The molecule has 0 fully saturated rings. The molecule has 1 amide bonds. The summed E-state index contributed by atoms with van der Waals surface area (Å²) in [5.74, 6) is -0.340. The van der Waals surface area contributed by atoms with E-state index in [2.05, 4.69) is 38.9 Å². The van der Waals surface area contributed by atoms with Crippen molar-refractivity contribution in [2.24, 2.45) is 5.10 Å². The molecule has 0 bridgehead atoms. The van der Waals surface area contributed by atoms with Gasteiger partial charge in [-0.05, 0) is 41.0 Å². The number of H-pyrrole nitrogens is 1. The molecule has 4 aromatic rings. The third-order valence-corrected chi connectivity index (χ3v) is 4.50. The first-order chi connectivity index (χ1) is 14.2. The molecule has 0 spiro atoms. The van der Waals surface area contributed by atoms with Crippen LogP contribution in [0.25, 0.3) is 28.1 Å². The average Bonchev–Trinajstić information content (AvgIpc) is 3.24. The van der Waals surface area contributed by atoms with Crippen LogP contribution in [-0.4, -0.2) is 22.3 Å². The van der Waals surface area contributed by atoms with Gasteiger partial charge in [0.1, 0.15) is 5.69 Å². The molecule has 0 saturated heterocycles. The largest absolute Gasteiger partial charge is 0.289 e. The second kappa shape index (κ2) is 8.35. The van der Waals surface area contributed by atoms with Gasteiger partial charge in [-0.3, -0.25) is 9.89 Å². The Balaban J connectivity index is 1.43. The van der Waals surface area contributed by atoms with Crippen LogP contribution in [-0.2, 0) is 0 Å². The topological polar surface area (TPSA) is 70.1 Å². The monoisotopic (exact) mass is 380 g/mol. The summed E-state index contributed by atoms with van der Waals surface area (Å²) >= 11 is 0. The number of rotatable bonds is 5. The molecule has 142 valence electrons. The Morgan fingerprint density at radius 1 is 0.966 bits per heavy atom. The van der Waals surface area contributed by atoms with Crippen molar-refractivity contribution in [2.45, 2.75) is 6.92 Å². The summed E-state index contributed by atoms with van der Waals surface area (Å²) in [7, 11) is 0. The molecule has 0 atom stereocenters. The van der Waals surface area contributed by atoms with Gasteiger partial charge in [0, 0.05) is 5.56 Å². The van der Waals surface area contributed by atoms with Crippen LogP contribution in [0.3, 0.4) is 0 Å². The lowest BCUT2D eigenvalue weighted by Crippen LogP contribution is -2.17. The van der Waals surface area contributed by atoms with E-state index >= 15 is 0 Å². The molecule has 1 heterocycles. The highest BCUT2D eigenvalue weighted by molar-refractivity contribution is 5.95.